The molecule has 0 aliphatic carbocycles. The fourth-order valence-electron chi connectivity index (χ4n) is 2.95. The number of carbonyl (C=O) groups excluding carboxylic acids is 1. The van der Waals surface area contributed by atoms with Gasteiger partial charge >= 0.3 is 132 Å². The number of nitrogens with zero attached hydrogens (tertiary/aromatic N) is 2. The third-order valence-electron chi connectivity index (χ3n) is 3.71. The molecule has 2 unspecified atom stereocenters. The first-order valence-corrected chi connectivity index (χ1v) is 8.26. The van der Waals surface area contributed by atoms with Crippen molar-refractivity contribution in [2.24, 2.45) is 0 Å². The van der Waals surface area contributed by atoms with Crippen LogP contribution in [0.5, 0.6) is 0 Å². The van der Waals surface area contributed by atoms with Gasteiger partial charge in [-0.05, 0) is 0 Å². The molecule has 1 amide bonds. The summed E-state index contributed by atoms with van der Waals surface area (Å²) in [6.45, 7) is 3.61. The standard InChI is InChI=1S/C9H16BN2O2.Rb/c1-10(14)11-5-4-8-2-3-9(6-11)12(8)7-13;/h8-9,14H,2-6H2,1H3;. The maximum absolute atomic E-state index is 11.6. The van der Waals surface area contributed by atoms with Crippen molar-refractivity contribution >= 4 is 61.6 Å². The maximum atomic E-state index is 11.6. The molecule has 0 aromatic rings. The molecule has 2 aliphatic heterocycles. The Bertz CT molecular complexity index is 264. The van der Waals surface area contributed by atoms with Crippen LogP contribution >= 0.6 is 0 Å². The molecule has 78 valence electrons. The molecule has 15 heavy (non-hydrogen) atoms. The van der Waals surface area contributed by atoms with Gasteiger partial charge in [0.15, 0.2) is 0 Å². The van der Waals surface area contributed by atoms with Crippen molar-refractivity contribution in [2.45, 2.75) is 38.2 Å². The first kappa shape index (κ1) is 12.7. The average Bonchev–Trinajstić information content (AvgIpc) is 2.40. The van der Waals surface area contributed by atoms with Crippen molar-refractivity contribution < 1.29 is 9.82 Å². The summed E-state index contributed by atoms with van der Waals surface area (Å²) in [4.78, 5) is 15.8. The van der Waals surface area contributed by atoms with Crippen LogP contribution in [0.1, 0.15) is 19.3 Å². The second kappa shape index (κ2) is 5.27. The molecule has 0 aromatic heterocycles. The van der Waals surface area contributed by atoms with Gasteiger partial charge in [-0.1, -0.05) is 0 Å². The van der Waals surface area contributed by atoms with Gasteiger partial charge in [0.05, 0.1) is 0 Å². The fourth-order valence-corrected chi connectivity index (χ4v) is 4.75. The van der Waals surface area contributed by atoms with Crippen molar-refractivity contribution in [1.82, 2.24) is 9.71 Å². The van der Waals surface area contributed by atoms with E-state index in [1.807, 2.05) is 6.82 Å². The van der Waals surface area contributed by atoms with Crippen molar-refractivity contribution in [3.63, 3.8) is 0 Å². The summed E-state index contributed by atoms with van der Waals surface area (Å²) < 4.78 is 0.400. The van der Waals surface area contributed by atoms with Gasteiger partial charge in [0, 0.05) is 0 Å². The van der Waals surface area contributed by atoms with E-state index in [1.54, 1.807) is 0 Å². The summed E-state index contributed by atoms with van der Waals surface area (Å²) in [5.74, 6) is 0. The number of hydrogen-bond donors (Lipinski definition) is 1. The van der Waals surface area contributed by atoms with Crippen LogP contribution in [0.15, 0.2) is 0 Å². The molecule has 1 N–H and O–H groups in total. The van der Waals surface area contributed by atoms with Crippen molar-refractivity contribution in [2.75, 3.05) is 13.1 Å². The molecule has 0 radical (unpaired) electrons. The molecule has 2 heterocycles. The van der Waals surface area contributed by atoms with Gasteiger partial charge in [0.25, 0.3) is 0 Å². The normalized spacial score (nSPS) is 31.6. The summed E-state index contributed by atoms with van der Waals surface area (Å²) in [5.41, 5.74) is 0. The molecule has 2 fully saturated rings. The zero-order chi connectivity index (χ0) is 11.0. The van der Waals surface area contributed by atoms with E-state index < -0.39 is 0 Å². The molecule has 6 heteroatoms. The number of fused-ring (bicyclic) bond motifs is 2. The van der Waals surface area contributed by atoms with Crippen molar-refractivity contribution in [3.05, 3.63) is 0 Å². The number of carbonyl (C=O) groups is 1. The van der Waals surface area contributed by atoms with Crippen LogP contribution in [0, 0.1) is 0 Å². The Morgan fingerprint density at radius 2 is 2.07 bits per heavy atom. The van der Waals surface area contributed by atoms with E-state index in [-0.39, 0.29) is 62.6 Å². The number of hydrogen-bond acceptors (Lipinski definition) is 3. The molecule has 2 rings (SSSR count). The van der Waals surface area contributed by atoms with Gasteiger partial charge < -0.3 is 0 Å². The van der Waals surface area contributed by atoms with Gasteiger partial charge in [-0.25, -0.2) is 0 Å². The van der Waals surface area contributed by atoms with E-state index in [1.165, 1.54) is 6.42 Å². The zero-order valence-electron chi connectivity index (χ0n) is 9.52. The van der Waals surface area contributed by atoms with Gasteiger partial charge in [-0.15, -0.1) is 0 Å². The minimum absolute atomic E-state index is 0.0900. The minimum atomic E-state index is -0.373. The Hall–Kier alpha value is 1.26. The summed E-state index contributed by atoms with van der Waals surface area (Å²) in [6.07, 6.45) is 3.33. The Morgan fingerprint density at radius 1 is 1.40 bits per heavy atom. The summed E-state index contributed by atoms with van der Waals surface area (Å²) in [5, 5.41) is 9.59. The van der Waals surface area contributed by atoms with Crippen molar-refractivity contribution in [1.29, 1.82) is 0 Å². The molecule has 0 saturated carbocycles. The quantitative estimate of drug-likeness (QED) is 0.684. The average molecular weight is 281 g/mol. The number of amides is 1. The Balaban J connectivity index is 2.11. The fraction of sp³-hybridized carbons (Fsp3) is 0.889. The Kier molecular flexibility index (Phi) is 4.47. The van der Waals surface area contributed by atoms with Gasteiger partial charge in [0.1, 0.15) is 0 Å². The summed E-state index contributed by atoms with van der Waals surface area (Å²) >= 11 is 0.0900. The van der Waals surface area contributed by atoms with Crippen LogP contribution in [-0.2, 0) is 0 Å². The second-order valence-electron chi connectivity index (χ2n) is 4.73. The topological polar surface area (TPSA) is 43.8 Å². The first-order valence-electron chi connectivity index (χ1n) is 5.80. The van der Waals surface area contributed by atoms with Crippen LogP contribution in [0.3, 0.4) is 0 Å². The van der Waals surface area contributed by atoms with Gasteiger partial charge in [-0.3, -0.25) is 0 Å². The third-order valence-corrected chi connectivity index (χ3v) is 4.98. The van der Waals surface area contributed by atoms with Crippen LogP contribution in [0.25, 0.3) is 0 Å². The molecule has 2 aliphatic rings. The molecule has 0 spiro atoms. The molecule has 4 nitrogen and oxygen atoms in total. The summed E-state index contributed by atoms with van der Waals surface area (Å²) in [7, 11) is -0.373. The van der Waals surface area contributed by atoms with E-state index in [9.17, 15) is 9.82 Å². The van der Waals surface area contributed by atoms with E-state index >= 15 is 0 Å². The third kappa shape index (κ3) is 2.75. The predicted octanol–water partition coefficient (Wildman–Crippen LogP) is -0.0761. The molecule has 2 saturated heterocycles. The van der Waals surface area contributed by atoms with E-state index in [4.69, 9.17) is 0 Å². The van der Waals surface area contributed by atoms with Crippen LogP contribution in [0.4, 0.5) is 4.79 Å². The van der Waals surface area contributed by atoms with Gasteiger partial charge in [-0.2, -0.15) is 0 Å². The van der Waals surface area contributed by atoms with Crippen LogP contribution in [-0.4, -0.2) is 101 Å². The number of rotatable bonds is 1. The SMILES string of the molecule is CB(O)N1CCC2CCC(C1)N2[C](=O)[Rb]. The Morgan fingerprint density at radius 3 is 2.67 bits per heavy atom. The van der Waals surface area contributed by atoms with Crippen LogP contribution < -0.4 is 0 Å². The molecular formula is C9H16BN2O2Rb. The Labute approximate surface area is 130 Å². The molecule has 0 aromatic carbocycles. The van der Waals surface area contributed by atoms with E-state index in [0.717, 1.165) is 25.9 Å². The monoisotopic (exact) mass is 280 g/mol. The van der Waals surface area contributed by atoms with E-state index in [0.29, 0.717) is 11.1 Å². The molecule has 2 atom stereocenters. The molecule has 2 bridgehead atoms. The zero-order valence-corrected chi connectivity index (χ0v) is 14.4. The van der Waals surface area contributed by atoms with Gasteiger partial charge in [0.2, 0.25) is 0 Å². The van der Waals surface area contributed by atoms with Crippen molar-refractivity contribution in [3.8, 4) is 0 Å². The van der Waals surface area contributed by atoms with E-state index in [2.05, 4.69) is 9.71 Å². The summed E-state index contributed by atoms with van der Waals surface area (Å²) in [6, 6.07) is 0.842. The first-order chi connectivity index (χ1) is 7.09. The predicted molar refractivity (Wildman–Crippen MR) is 59.8 cm³/mol. The molecular weight excluding hydrogens is 264 g/mol. The second-order valence-corrected chi connectivity index (χ2v) is 6.83. The van der Waals surface area contributed by atoms with Crippen LogP contribution in [0.2, 0.25) is 6.82 Å².